The lowest BCUT2D eigenvalue weighted by molar-refractivity contribution is -0.152. The fourth-order valence-corrected chi connectivity index (χ4v) is 4.52. The summed E-state index contributed by atoms with van der Waals surface area (Å²) in [5, 5.41) is 16.9. The third-order valence-electron chi connectivity index (χ3n) is 7.05. The van der Waals surface area contributed by atoms with E-state index in [1.165, 1.54) is 29.5 Å². The molecule has 2 rings (SSSR count). The van der Waals surface area contributed by atoms with Gasteiger partial charge in [0.1, 0.15) is 5.75 Å². The number of aryl methyl sites for hydroxylation is 2. The van der Waals surface area contributed by atoms with Crippen LogP contribution in [0.3, 0.4) is 0 Å². The van der Waals surface area contributed by atoms with Crippen LogP contribution >= 0.6 is 0 Å². The molecule has 9 nitrogen and oxygen atoms in total. The number of ether oxygens (including phenoxy) is 1. The Balaban J connectivity index is 1.99. The number of aliphatic carboxylic acids is 1. The molecule has 0 saturated heterocycles. The van der Waals surface area contributed by atoms with E-state index in [9.17, 15) is 19.5 Å². The fourth-order valence-electron chi connectivity index (χ4n) is 4.52. The highest BCUT2D eigenvalue weighted by molar-refractivity contribution is 5.76. The molecule has 0 amide bonds. The van der Waals surface area contributed by atoms with Crippen LogP contribution in [0.15, 0.2) is 33.9 Å². The molecular weight excluding hydrogens is 508 g/mol. The van der Waals surface area contributed by atoms with E-state index in [0.29, 0.717) is 25.4 Å². The SMILES string of the molecule is CCCCCCCn1nc(NCCCCc2cccc(OC(C)(C)C(=O)O)c2)c(=O)n(CCCCCCC)c1=O. The predicted octanol–water partition coefficient (Wildman–Crippen LogP) is 6.02. The molecule has 1 aromatic heterocycles. The van der Waals surface area contributed by atoms with E-state index in [4.69, 9.17) is 4.74 Å². The number of benzene rings is 1. The summed E-state index contributed by atoms with van der Waals surface area (Å²) >= 11 is 0. The lowest BCUT2D eigenvalue weighted by Crippen LogP contribution is -2.43. The van der Waals surface area contributed by atoms with Gasteiger partial charge >= 0.3 is 11.7 Å². The van der Waals surface area contributed by atoms with Crippen molar-refractivity contribution < 1.29 is 14.6 Å². The first-order chi connectivity index (χ1) is 19.2. The number of carboxylic acid groups (broad SMARTS) is 1. The molecular formula is C31H50N4O5. The summed E-state index contributed by atoms with van der Waals surface area (Å²) in [6, 6.07) is 7.48. The van der Waals surface area contributed by atoms with Gasteiger partial charge in [-0.1, -0.05) is 77.3 Å². The number of rotatable bonds is 21. The summed E-state index contributed by atoms with van der Waals surface area (Å²) in [4.78, 5) is 37.5. The zero-order valence-corrected chi connectivity index (χ0v) is 25.0. The summed E-state index contributed by atoms with van der Waals surface area (Å²) in [7, 11) is 0. The summed E-state index contributed by atoms with van der Waals surface area (Å²) in [5.74, 6) is -0.247. The lowest BCUT2D eigenvalue weighted by Gasteiger charge is -2.21. The van der Waals surface area contributed by atoms with Gasteiger partial charge in [0.2, 0.25) is 5.82 Å². The number of nitrogens with zero attached hydrogens (tertiary/aromatic N) is 3. The maximum Gasteiger partial charge on any atom is 0.347 e. The Morgan fingerprint density at radius 1 is 0.925 bits per heavy atom. The van der Waals surface area contributed by atoms with Crippen molar-refractivity contribution in [3.8, 4) is 5.75 Å². The predicted molar refractivity (Wildman–Crippen MR) is 160 cm³/mol. The highest BCUT2D eigenvalue weighted by atomic mass is 16.5. The molecule has 0 unspecified atom stereocenters. The molecule has 2 N–H and O–H groups in total. The highest BCUT2D eigenvalue weighted by Gasteiger charge is 2.29. The van der Waals surface area contributed by atoms with Gasteiger partial charge in [0.15, 0.2) is 5.60 Å². The minimum absolute atomic E-state index is 0.244. The third-order valence-corrected chi connectivity index (χ3v) is 7.05. The van der Waals surface area contributed by atoms with Gasteiger partial charge in [-0.05, 0) is 63.6 Å². The molecule has 0 bridgehead atoms. The van der Waals surface area contributed by atoms with Crippen molar-refractivity contribution in [2.24, 2.45) is 0 Å². The van der Waals surface area contributed by atoms with Crippen molar-refractivity contribution in [3.63, 3.8) is 0 Å². The van der Waals surface area contributed by atoms with E-state index in [2.05, 4.69) is 24.3 Å². The number of aromatic nitrogens is 3. The molecule has 0 radical (unpaired) electrons. The second-order valence-electron chi connectivity index (χ2n) is 11.1. The average molecular weight is 559 g/mol. The van der Waals surface area contributed by atoms with Crippen molar-refractivity contribution >= 4 is 11.8 Å². The van der Waals surface area contributed by atoms with Crippen LogP contribution in [-0.4, -0.2) is 37.6 Å². The first-order valence-electron chi connectivity index (χ1n) is 15.2. The lowest BCUT2D eigenvalue weighted by atomic mass is 10.1. The van der Waals surface area contributed by atoms with Gasteiger partial charge < -0.3 is 15.2 Å². The van der Waals surface area contributed by atoms with Gasteiger partial charge in [-0.25, -0.2) is 14.3 Å². The number of unbranched alkanes of at least 4 members (excludes halogenated alkanes) is 9. The monoisotopic (exact) mass is 558 g/mol. The van der Waals surface area contributed by atoms with Gasteiger partial charge in [0.05, 0.1) is 0 Å². The van der Waals surface area contributed by atoms with E-state index >= 15 is 0 Å². The van der Waals surface area contributed by atoms with Crippen LogP contribution in [0, 0.1) is 0 Å². The zero-order valence-electron chi connectivity index (χ0n) is 25.0. The van der Waals surface area contributed by atoms with Crippen molar-refractivity contribution in [2.45, 2.75) is 130 Å². The first-order valence-corrected chi connectivity index (χ1v) is 15.2. The number of carbonyl (C=O) groups is 1. The van der Waals surface area contributed by atoms with E-state index in [-0.39, 0.29) is 17.1 Å². The molecule has 40 heavy (non-hydrogen) atoms. The minimum Gasteiger partial charge on any atom is -0.478 e. The third kappa shape index (κ3) is 11.2. The first kappa shape index (κ1) is 33.1. The van der Waals surface area contributed by atoms with Crippen LogP contribution in [0.25, 0.3) is 0 Å². The molecule has 0 aliphatic heterocycles. The Morgan fingerprint density at radius 2 is 1.57 bits per heavy atom. The summed E-state index contributed by atoms with van der Waals surface area (Å²) in [6.07, 6.45) is 13.1. The normalized spacial score (nSPS) is 11.5. The second-order valence-corrected chi connectivity index (χ2v) is 11.1. The maximum absolute atomic E-state index is 13.1. The fraction of sp³-hybridized carbons (Fsp3) is 0.677. The average Bonchev–Trinajstić information content (AvgIpc) is 2.91. The Morgan fingerprint density at radius 3 is 2.23 bits per heavy atom. The number of nitrogens with one attached hydrogen (secondary N) is 1. The molecule has 0 saturated carbocycles. The standard InChI is InChI=1S/C31H50N4O5/c1-5-7-9-11-15-22-34-28(36)27(33-35(30(34)39)23-16-12-10-8-6-2)32-21-14-13-18-25-19-17-20-26(24-25)40-31(3,4)29(37)38/h17,19-20,24H,5-16,18,21-23H2,1-4H3,(H,32,33)(H,37,38). The Hall–Kier alpha value is -3.10. The van der Waals surface area contributed by atoms with E-state index in [1.54, 1.807) is 6.07 Å². The maximum atomic E-state index is 13.1. The highest BCUT2D eigenvalue weighted by Crippen LogP contribution is 2.21. The summed E-state index contributed by atoms with van der Waals surface area (Å²) in [5.41, 5.74) is -0.897. The quantitative estimate of drug-likeness (QED) is 0.180. The molecule has 0 fully saturated rings. The van der Waals surface area contributed by atoms with Gasteiger partial charge in [0, 0.05) is 19.6 Å². The molecule has 0 aliphatic carbocycles. The Bertz CT molecular complexity index is 1160. The summed E-state index contributed by atoms with van der Waals surface area (Å²) in [6.45, 7) is 8.90. The molecule has 0 aliphatic rings. The molecule has 0 atom stereocenters. The molecule has 224 valence electrons. The largest absolute Gasteiger partial charge is 0.478 e. The molecule has 1 heterocycles. The molecule has 2 aromatic rings. The van der Waals surface area contributed by atoms with Crippen molar-refractivity contribution in [3.05, 3.63) is 50.7 Å². The van der Waals surface area contributed by atoms with Crippen LogP contribution < -0.4 is 21.3 Å². The second kappa shape index (κ2) is 17.6. The molecule has 1 aromatic carbocycles. The summed E-state index contributed by atoms with van der Waals surface area (Å²) < 4.78 is 8.47. The van der Waals surface area contributed by atoms with Gasteiger partial charge in [-0.2, -0.15) is 0 Å². The Labute approximate surface area is 239 Å². The van der Waals surface area contributed by atoms with Crippen molar-refractivity contribution in [2.75, 3.05) is 11.9 Å². The van der Waals surface area contributed by atoms with Crippen LogP contribution in [-0.2, 0) is 24.3 Å². The van der Waals surface area contributed by atoms with Gasteiger partial charge in [0.25, 0.3) is 5.56 Å². The van der Waals surface area contributed by atoms with Crippen LogP contribution in [0.4, 0.5) is 5.82 Å². The smallest absolute Gasteiger partial charge is 0.347 e. The van der Waals surface area contributed by atoms with Gasteiger partial charge in [-0.3, -0.25) is 9.36 Å². The zero-order chi connectivity index (χ0) is 29.4. The van der Waals surface area contributed by atoms with Crippen molar-refractivity contribution in [1.82, 2.24) is 14.3 Å². The van der Waals surface area contributed by atoms with E-state index in [0.717, 1.165) is 82.6 Å². The van der Waals surface area contributed by atoms with E-state index < -0.39 is 11.6 Å². The Kier molecular flexibility index (Phi) is 14.5. The van der Waals surface area contributed by atoms with Crippen LogP contribution in [0.2, 0.25) is 0 Å². The number of carboxylic acids is 1. The number of anilines is 1. The molecule has 9 heteroatoms. The van der Waals surface area contributed by atoms with E-state index in [1.807, 2.05) is 18.2 Å². The van der Waals surface area contributed by atoms with Gasteiger partial charge in [-0.15, -0.1) is 5.10 Å². The van der Waals surface area contributed by atoms with Crippen molar-refractivity contribution in [1.29, 1.82) is 0 Å². The number of hydrogen-bond acceptors (Lipinski definition) is 6. The molecule has 0 spiro atoms. The topological polar surface area (TPSA) is 115 Å². The van der Waals surface area contributed by atoms with Crippen LogP contribution in [0.1, 0.15) is 110 Å². The number of hydrogen-bond donors (Lipinski definition) is 2. The minimum atomic E-state index is -1.30. The van der Waals surface area contributed by atoms with Crippen LogP contribution in [0.5, 0.6) is 5.75 Å².